The number of halogens is 4. The molecule has 0 aliphatic carbocycles. The molecule has 5 aromatic rings. The number of aromatic nitrogens is 3. The molecular formula is C31H21ClF3N7. The third-order valence-corrected chi connectivity index (χ3v) is 7.39. The van der Waals surface area contributed by atoms with E-state index >= 15 is 0 Å². The lowest BCUT2D eigenvalue weighted by Crippen LogP contribution is -2.46. The van der Waals surface area contributed by atoms with Crippen LogP contribution in [0.25, 0.3) is 5.82 Å². The summed E-state index contributed by atoms with van der Waals surface area (Å²) in [4.78, 5) is 16.4. The lowest BCUT2D eigenvalue weighted by molar-refractivity contribution is -0.137. The lowest BCUT2D eigenvalue weighted by Gasteiger charge is -2.40. The van der Waals surface area contributed by atoms with E-state index in [-0.39, 0.29) is 5.69 Å². The molecule has 0 amide bonds. The maximum Gasteiger partial charge on any atom is 0.416 e. The van der Waals surface area contributed by atoms with Crippen LogP contribution in [0.15, 0.2) is 107 Å². The maximum atomic E-state index is 13.5. The molecule has 7 rings (SSSR count). The number of hydrogen-bond donors (Lipinski definition) is 1. The molecule has 42 heavy (non-hydrogen) atoms. The Kier molecular flexibility index (Phi) is 6.09. The Morgan fingerprint density at radius 1 is 0.881 bits per heavy atom. The van der Waals surface area contributed by atoms with E-state index < -0.39 is 17.8 Å². The Bertz CT molecular complexity index is 1880. The molecule has 2 aliphatic rings. The van der Waals surface area contributed by atoms with Gasteiger partial charge in [0.2, 0.25) is 0 Å². The first-order valence-corrected chi connectivity index (χ1v) is 13.4. The molecule has 0 spiro atoms. The fraction of sp³-hybridized carbons (Fsp3) is 0.0968. The minimum atomic E-state index is -4.49. The van der Waals surface area contributed by atoms with Gasteiger partial charge in [-0.2, -0.15) is 23.0 Å². The summed E-state index contributed by atoms with van der Waals surface area (Å²) < 4.78 is 42.3. The Morgan fingerprint density at radius 3 is 2.43 bits per heavy atom. The van der Waals surface area contributed by atoms with Gasteiger partial charge in [-0.05, 0) is 67.1 Å². The highest BCUT2D eigenvalue weighted by Crippen LogP contribution is 2.48. The van der Waals surface area contributed by atoms with Crippen molar-refractivity contribution in [2.24, 2.45) is 9.98 Å². The molecule has 1 atom stereocenters. The van der Waals surface area contributed by atoms with Crippen molar-refractivity contribution in [2.75, 3.05) is 10.2 Å². The van der Waals surface area contributed by atoms with Crippen LogP contribution in [-0.2, 0) is 6.18 Å². The van der Waals surface area contributed by atoms with Gasteiger partial charge < -0.3 is 10.2 Å². The second-order valence-corrected chi connectivity index (χ2v) is 10.3. The summed E-state index contributed by atoms with van der Waals surface area (Å²) in [5, 5.41) is 8.54. The maximum absolute atomic E-state index is 13.5. The number of anilines is 2. The van der Waals surface area contributed by atoms with Gasteiger partial charge in [0.05, 0.1) is 28.7 Å². The number of aliphatic imine (C=N–C) groups is 2. The van der Waals surface area contributed by atoms with Crippen molar-refractivity contribution in [3.63, 3.8) is 0 Å². The van der Waals surface area contributed by atoms with E-state index in [0.717, 1.165) is 34.6 Å². The fourth-order valence-electron chi connectivity index (χ4n) is 5.31. The Morgan fingerprint density at radius 2 is 1.67 bits per heavy atom. The largest absolute Gasteiger partial charge is 0.416 e. The zero-order valence-corrected chi connectivity index (χ0v) is 22.8. The normalized spacial score (nSPS) is 15.7. The number of fused-ring (bicyclic) bond motifs is 4. The molecule has 208 valence electrons. The van der Waals surface area contributed by atoms with Crippen LogP contribution in [0.5, 0.6) is 0 Å². The molecule has 0 saturated heterocycles. The van der Waals surface area contributed by atoms with E-state index in [9.17, 15) is 13.2 Å². The van der Waals surface area contributed by atoms with E-state index in [4.69, 9.17) is 26.7 Å². The van der Waals surface area contributed by atoms with Crippen LogP contribution in [0.2, 0.25) is 5.02 Å². The van der Waals surface area contributed by atoms with Crippen molar-refractivity contribution in [3.05, 3.63) is 125 Å². The van der Waals surface area contributed by atoms with Crippen LogP contribution in [0.4, 0.5) is 36.1 Å². The number of para-hydroxylation sites is 2. The molecule has 2 aliphatic heterocycles. The third kappa shape index (κ3) is 4.40. The Balaban J connectivity index is 1.47. The molecule has 4 heterocycles. The van der Waals surface area contributed by atoms with Crippen molar-refractivity contribution in [2.45, 2.75) is 19.1 Å². The standard InChI is InChI=1S/C31H21ClF3N7/c1-18-26-27(19-12-14-21(32)15-13-19)41-24-10-3-2-9-23(24)38-28(37-22-8-6-7-20(17-22)31(33,34)35)30(41)39-29(26)42(40-18)25-11-4-5-16-36-25/h2-17,27H,1H3,(H,37,38)/t27-/m1/s1. The van der Waals surface area contributed by atoms with Crippen molar-refractivity contribution >= 4 is 46.2 Å². The number of rotatable bonds is 3. The number of nitrogens with one attached hydrogen (secondary N) is 1. The highest BCUT2D eigenvalue weighted by Gasteiger charge is 2.41. The highest BCUT2D eigenvalue weighted by atomic mass is 35.5. The first-order chi connectivity index (χ1) is 20.3. The number of aryl methyl sites for hydroxylation is 1. The quantitative estimate of drug-likeness (QED) is 0.233. The van der Waals surface area contributed by atoms with Gasteiger partial charge in [0, 0.05) is 22.5 Å². The van der Waals surface area contributed by atoms with Gasteiger partial charge in [-0.15, -0.1) is 0 Å². The van der Waals surface area contributed by atoms with Crippen LogP contribution >= 0.6 is 11.6 Å². The van der Waals surface area contributed by atoms with Gasteiger partial charge >= 0.3 is 6.18 Å². The van der Waals surface area contributed by atoms with E-state index in [0.29, 0.717) is 34.0 Å². The van der Waals surface area contributed by atoms with Crippen molar-refractivity contribution in [1.29, 1.82) is 0 Å². The first kappa shape index (κ1) is 26.0. The van der Waals surface area contributed by atoms with Crippen LogP contribution in [0.3, 0.4) is 0 Å². The number of pyridine rings is 1. The fourth-order valence-corrected chi connectivity index (χ4v) is 5.43. The van der Waals surface area contributed by atoms with Gasteiger partial charge in [0.25, 0.3) is 0 Å². The molecule has 0 fully saturated rings. The monoisotopic (exact) mass is 583 g/mol. The van der Waals surface area contributed by atoms with Crippen molar-refractivity contribution in [3.8, 4) is 5.82 Å². The molecule has 7 nitrogen and oxygen atoms in total. The molecule has 0 unspecified atom stereocenters. The summed E-state index contributed by atoms with van der Waals surface area (Å²) in [7, 11) is 0. The van der Waals surface area contributed by atoms with Crippen LogP contribution in [-0.4, -0.2) is 26.4 Å². The number of nitrogens with zero attached hydrogens (tertiary/aromatic N) is 6. The summed E-state index contributed by atoms with van der Waals surface area (Å²) in [5.74, 6) is 1.85. The average molecular weight is 584 g/mol. The minimum Gasteiger partial charge on any atom is -0.337 e. The van der Waals surface area contributed by atoms with E-state index in [1.54, 1.807) is 16.9 Å². The van der Waals surface area contributed by atoms with Gasteiger partial charge in [-0.25, -0.2) is 15.0 Å². The lowest BCUT2D eigenvalue weighted by atomic mass is 9.93. The first-order valence-electron chi connectivity index (χ1n) is 13.0. The molecule has 0 radical (unpaired) electrons. The topological polar surface area (TPSA) is 70.7 Å². The summed E-state index contributed by atoms with van der Waals surface area (Å²) in [6.07, 6.45) is -2.81. The molecule has 1 N–H and O–H groups in total. The second-order valence-electron chi connectivity index (χ2n) is 9.83. The number of hydrogen-bond acceptors (Lipinski definition) is 6. The molecule has 2 aromatic heterocycles. The second kappa shape index (κ2) is 9.85. The smallest absolute Gasteiger partial charge is 0.337 e. The summed E-state index contributed by atoms with van der Waals surface area (Å²) in [5.41, 5.74) is 3.44. The molecular weight excluding hydrogens is 563 g/mol. The summed E-state index contributed by atoms with van der Waals surface area (Å²) in [6.45, 7) is 1.92. The van der Waals surface area contributed by atoms with E-state index in [1.165, 1.54) is 6.07 Å². The average Bonchev–Trinajstić information content (AvgIpc) is 3.33. The highest BCUT2D eigenvalue weighted by molar-refractivity contribution is 6.51. The summed E-state index contributed by atoms with van der Waals surface area (Å²) in [6, 6.07) is 25.3. The Hall–Kier alpha value is -4.96. The predicted molar refractivity (Wildman–Crippen MR) is 158 cm³/mol. The van der Waals surface area contributed by atoms with Crippen molar-refractivity contribution in [1.82, 2.24) is 14.8 Å². The number of amidine groups is 2. The molecule has 3 aromatic carbocycles. The van der Waals surface area contributed by atoms with E-state index in [1.807, 2.05) is 78.6 Å². The van der Waals surface area contributed by atoms with Gasteiger partial charge in [-0.3, -0.25) is 0 Å². The van der Waals surface area contributed by atoms with Gasteiger partial charge in [0.1, 0.15) is 0 Å². The zero-order valence-electron chi connectivity index (χ0n) is 22.0. The third-order valence-electron chi connectivity index (χ3n) is 7.14. The van der Waals surface area contributed by atoms with Crippen LogP contribution < -0.4 is 10.2 Å². The minimum absolute atomic E-state index is 0.230. The predicted octanol–water partition coefficient (Wildman–Crippen LogP) is 8.04. The van der Waals surface area contributed by atoms with Gasteiger partial charge in [-0.1, -0.05) is 48.0 Å². The van der Waals surface area contributed by atoms with Crippen LogP contribution in [0.1, 0.15) is 28.4 Å². The number of benzene rings is 3. The van der Waals surface area contributed by atoms with Gasteiger partial charge in [0.15, 0.2) is 23.3 Å². The van der Waals surface area contributed by atoms with Crippen molar-refractivity contribution < 1.29 is 13.2 Å². The molecule has 0 saturated carbocycles. The Labute approximate surface area is 243 Å². The SMILES string of the molecule is Cc1nn(-c2ccccn2)c2c1[C@@H](c1ccc(Cl)cc1)N1C(=N2)C(Nc2cccc(C(F)(F)F)c2)=Nc2ccccc21. The number of alkyl halides is 3. The van der Waals surface area contributed by atoms with E-state index in [2.05, 4.69) is 10.3 Å². The molecule has 11 heteroatoms. The molecule has 0 bridgehead atoms. The van der Waals surface area contributed by atoms with Crippen LogP contribution in [0, 0.1) is 6.92 Å². The summed E-state index contributed by atoms with van der Waals surface area (Å²) >= 11 is 6.27. The zero-order chi connectivity index (χ0) is 29.0.